The van der Waals surface area contributed by atoms with Gasteiger partial charge in [-0.15, -0.1) is 0 Å². The molecule has 2 fully saturated rings. The number of nitrogens with zero attached hydrogens (tertiary/aromatic N) is 1. The van der Waals surface area contributed by atoms with E-state index < -0.39 is 0 Å². The predicted octanol–water partition coefficient (Wildman–Crippen LogP) is 1.82. The highest BCUT2D eigenvalue weighted by molar-refractivity contribution is 6.30. The summed E-state index contributed by atoms with van der Waals surface area (Å²) in [7, 11) is 0. The van der Waals surface area contributed by atoms with Gasteiger partial charge in [-0.25, -0.2) is 0 Å². The molecule has 20 heavy (non-hydrogen) atoms. The van der Waals surface area contributed by atoms with E-state index >= 15 is 0 Å². The third-order valence-electron chi connectivity index (χ3n) is 3.74. The molecule has 1 saturated carbocycles. The fourth-order valence-electron chi connectivity index (χ4n) is 2.47. The first-order valence-corrected chi connectivity index (χ1v) is 7.49. The number of carbonyl (C=O) groups is 1. The third-order valence-corrected chi connectivity index (χ3v) is 3.99. The van der Waals surface area contributed by atoms with Gasteiger partial charge in [0.05, 0.1) is 6.61 Å². The first kappa shape index (κ1) is 13.9. The van der Waals surface area contributed by atoms with E-state index in [1.54, 1.807) is 0 Å². The number of morpholine rings is 1. The molecule has 1 aliphatic carbocycles. The number of amides is 1. The highest BCUT2D eigenvalue weighted by atomic mass is 35.5. The average molecular weight is 295 g/mol. The molecule has 1 aromatic rings. The molecule has 1 unspecified atom stereocenters. The van der Waals surface area contributed by atoms with Gasteiger partial charge in [0.15, 0.2) is 0 Å². The van der Waals surface area contributed by atoms with Crippen LogP contribution in [0.5, 0.6) is 0 Å². The maximum absolute atomic E-state index is 12.6. The van der Waals surface area contributed by atoms with Gasteiger partial charge in [-0.3, -0.25) is 4.79 Å². The Morgan fingerprint density at radius 3 is 2.70 bits per heavy atom. The smallest absolute Gasteiger partial charge is 0.253 e. The predicted molar refractivity (Wildman–Crippen MR) is 77.6 cm³/mol. The van der Waals surface area contributed by atoms with Gasteiger partial charge < -0.3 is 15.0 Å². The van der Waals surface area contributed by atoms with E-state index in [1.165, 1.54) is 0 Å². The quantitative estimate of drug-likeness (QED) is 0.921. The molecule has 0 aromatic heterocycles. The maximum atomic E-state index is 12.6. The molecule has 1 heterocycles. The second-order valence-electron chi connectivity index (χ2n) is 5.39. The van der Waals surface area contributed by atoms with Crippen molar-refractivity contribution in [3.05, 3.63) is 34.9 Å². The van der Waals surface area contributed by atoms with Crippen LogP contribution in [0.2, 0.25) is 5.02 Å². The number of rotatable bonds is 4. The molecule has 3 rings (SSSR count). The van der Waals surface area contributed by atoms with Crippen LogP contribution in [0.15, 0.2) is 24.3 Å². The molecule has 2 aliphatic rings. The van der Waals surface area contributed by atoms with Crippen molar-refractivity contribution in [3.8, 4) is 0 Å². The van der Waals surface area contributed by atoms with Crippen LogP contribution >= 0.6 is 11.6 Å². The summed E-state index contributed by atoms with van der Waals surface area (Å²) in [5.74, 6) is 0.106. The van der Waals surface area contributed by atoms with Crippen molar-refractivity contribution in [1.29, 1.82) is 0 Å². The van der Waals surface area contributed by atoms with Crippen molar-refractivity contribution >= 4 is 17.5 Å². The Labute approximate surface area is 124 Å². The Bertz CT molecular complexity index is 467. The van der Waals surface area contributed by atoms with Crippen LogP contribution in [0.1, 0.15) is 18.4 Å². The van der Waals surface area contributed by atoms with E-state index in [9.17, 15) is 4.79 Å². The summed E-state index contributed by atoms with van der Waals surface area (Å²) < 4.78 is 5.58. The van der Waals surface area contributed by atoms with E-state index in [4.69, 9.17) is 16.3 Å². The molecule has 1 amide bonds. The number of halogens is 1. The summed E-state index contributed by atoms with van der Waals surface area (Å²) in [5, 5.41) is 3.93. The minimum atomic E-state index is -0.336. The van der Waals surface area contributed by atoms with Crippen molar-refractivity contribution in [2.75, 3.05) is 19.7 Å². The van der Waals surface area contributed by atoms with Gasteiger partial charge in [0, 0.05) is 30.7 Å². The molecule has 0 spiro atoms. The van der Waals surface area contributed by atoms with Crippen molar-refractivity contribution in [2.24, 2.45) is 0 Å². The highest BCUT2D eigenvalue weighted by Gasteiger charge is 2.36. The normalized spacial score (nSPS) is 22.6. The topological polar surface area (TPSA) is 41.6 Å². The summed E-state index contributed by atoms with van der Waals surface area (Å²) in [5.41, 5.74) is 1.11. The van der Waals surface area contributed by atoms with Crippen LogP contribution < -0.4 is 5.32 Å². The van der Waals surface area contributed by atoms with Crippen LogP contribution in [0.25, 0.3) is 0 Å². The lowest BCUT2D eigenvalue weighted by Crippen LogP contribution is -2.49. The molecular formula is C15H19ClN2O2. The second-order valence-corrected chi connectivity index (χ2v) is 5.82. The maximum Gasteiger partial charge on any atom is 0.253 e. The molecule has 5 heteroatoms. The third kappa shape index (κ3) is 3.32. The van der Waals surface area contributed by atoms with E-state index in [0.29, 0.717) is 25.7 Å². The van der Waals surface area contributed by atoms with Gasteiger partial charge in [-0.1, -0.05) is 23.7 Å². The average Bonchev–Trinajstić information content (AvgIpc) is 3.31. The first-order chi connectivity index (χ1) is 9.74. The fraction of sp³-hybridized carbons (Fsp3) is 0.533. The Morgan fingerprint density at radius 1 is 1.35 bits per heavy atom. The van der Waals surface area contributed by atoms with E-state index in [0.717, 1.165) is 30.0 Å². The van der Waals surface area contributed by atoms with Crippen molar-refractivity contribution in [1.82, 2.24) is 10.2 Å². The Balaban J connectivity index is 1.68. The van der Waals surface area contributed by atoms with Crippen LogP contribution in [0.3, 0.4) is 0 Å². The van der Waals surface area contributed by atoms with Crippen LogP contribution in [-0.4, -0.2) is 42.6 Å². The Hall–Kier alpha value is -1.10. The van der Waals surface area contributed by atoms with E-state index in [1.807, 2.05) is 29.2 Å². The number of hydrogen-bond acceptors (Lipinski definition) is 3. The monoisotopic (exact) mass is 294 g/mol. The van der Waals surface area contributed by atoms with Crippen molar-refractivity contribution in [3.63, 3.8) is 0 Å². The number of nitrogens with one attached hydrogen (secondary N) is 1. The number of benzene rings is 1. The van der Waals surface area contributed by atoms with Gasteiger partial charge in [-0.05, 0) is 30.5 Å². The van der Waals surface area contributed by atoms with Crippen molar-refractivity contribution < 1.29 is 9.53 Å². The molecule has 108 valence electrons. The minimum absolute atomic E-state index is 0.106. The molecule has 0 radical (unpaired) electrons. The molecule has 1 atom stereocenters. The number of carbonyl (C=O) groups excluding carboxylic acids is 1. The van der Waals surface area contributed by atoms with E-state index in [2.05, 4.69) is 5.32 Å². The zero-order valence-corrected chi connectivity index (χ0v) is 12.1. The number of ether oxygens (including phenoxy) is 1. The van der Waals surface area contributed by atoms with Gasteiger partial charge in [0.2, 0.25) is 0 Å². The van der Waals surface area contributed by atoms with Gasteiger partial charge in [-0.2, -0.15) is 0 Å². The number of hydrogen-bond donors (Lipinski definition) is 1. The molecule has 1 saturated heterocycles. The zero-order valence-electron chi connectivity index (χ0n) is 11.3. The van der Waals surface area contributed by atoms with E-state index in [-0.39, 0.29) is 12.0 Å². The Morgan fingerprint density at radius 2 is 2.10 bits per heavy atom. The standard InChI is InChI=1S/C15H19ClN2O2/c16-12-3-1-11(2-4-12)10-18(13-5-6-13)15(19)14-9-17-7-8-20-14/h1-4,13-14,17H,5-10H2. The Kier molecular flexibility index (Phi) is 4.24. The van der Waals surface area contributed by atoms with Gasteiger partial charge in [0.1, 0.15) is 6.10 Å². The summed E-state index contributed by atoms with van der Waals surface area (Å²) >= 11 is 5.90. The summed E-state index contributed by atoms with van der Waals surface area (Å²) in [6, 6.07) is 8.07. The zero-order chi connectivity index (χ0) is 13.9. The van der Waals surface area contributed by atoms with Crippen LogP contribution in [0, 0.1) is 0 Å². The largest absolute Gasteiger partial charge is 0.366 e. The summed E-state index contributed by atoms with van der Waals surface area (Å²) in [6.07, 6.45) is 1.86. The molecule has 1 aliphatic heterocycles. The first-order valence-electron chi connectivity index (χ1n) is 7.11. The summed E-state index contributed by atoms with van der Waals surface area (Å²) in [6.45, 7) is 2.68. The van der Waals surface area contributed by atoms with Gasteiger partial charge >= 0.3 is 0 Å². The van der Waals surface area contributed by atoms with Crippen LogP contribution in [-0.2, 0) is 16.1 Å². The lowest BCUT2D eigenvalue weighted by Gasteiger charge is -2.30. The second kappa shape index (κ2) is 6.12. The van der Waals surface area contributed by atoms with Crippen molar-refractivity contribution in [2.45, 2.75) is 31.5 Å². The molecule has 0 bridgehead atoms. The fourth-order valence-corrected chi connectivity index (χ4v) is 2.59. The van der Waals surface area contributed by atoms with Crippen LogP contribution in [0.4, 0.5) is 0 Å². The molecule has 1 aromatic carbocycles. The molecular weight excluding hydrogens is 276 g/mol. The molecule has 1 N–H and O–H groups in total. The lowest BCUT2D eigenvalue weighted by molar-refractivity contribution is -0.146. The lowest BCUT2D eigenvalue weighted by atomic mass is 10.2. The SMILES string of the molecule is O=C(C1CNCCO1)N(Cc1ccc(Cl)cc1)C1CC1. The molecule has 4 nitrogen and oxygen atoms in total. The van der Waals surface area contributed by atoms with Gasteiger partial charge in [0.25, 0.3) is 5.91 Å². The minimum Gasteiger partial charge on any atom is -0.366 e. The highest BCUT2D eigenvalue weighted by Crippen LogP contribution is 2.29. The summed E-state index contributed by atoms with van der Waals surface area (Å²) in [4.78, 5) is 14.5.